The van der Waals surface area contributed by atoms with E-state index in [1.165, 1.54) is 29.5 Å². The van der Waals surface area contributed by atoms with Crippen molar-refractivity contribution in [3.8, 4) is 0 Å². The minimum absolute atomic E-state index is 0.149. The van der Waals surface area contributed by atoms with Crippen molar-refractivity contribution < 1.29 is 0 Å². The Bertz CT molecular complexity index is 383. The fourth-order valence-corrected chi connectivity index (χ4v) is 2.57. The minimum atomic E-state index is 0.149. The van der Waals surface area contributed by atoms with Gasteiger partial charge in [0, 0.05) is 18.6 Å². The van der Waals surface area contributed by atoms with Crippen LogP contribution in [0.25, 0.3) is 0 Å². The summed E-state index contributed by atoms with van der Waals surface area (Å²) in [5.41, 5.74) is 10.3. The summed E-state index contributed by atoms with van der Waals surface area (Å²) in [6, 6.07) is 7.53. The largest absolute Gasteiger partial charge is 0.323 e. The van der Waals surface area contributed by atoms with Crippen LogP contribution in [0.3, 0.4) is 0 Å². The first kappa shape index (κ1) is 12.6. The van der Waals surface area contributed by atoms with Gasteiger partial charge in [-0.1, -0.05) is 30.7 Å². The van der Waals surface area contributed by atoms with Gasteiger partial charge in [0.25, 0.3) is 0 Å². The van der Waals surface area contributed by atoms with E-state index in [4.69, 9.17) is 5.73 Å². The summed E-state index contributed by atoms with van der Waals surface area (Å²) in [7, 11) is 0. The van der Waals surface area contributed by atoms with Crippen molar-refractivity contribution in [2.24, 2.45) is 5.73 Å². The van der Waals surface area contributed by atoms with E-state index < -0.39 is 0 Å². The number of hydrogen-bond donors (Lipinski definition) is 1. The molecule has 0 saturated heterocycles. The molecule has 0 amide bonds. The van der Waals surface area contributed by atoms with E-state index in [-0.39, 0.29) is 6.04 Å². The monoisotopic (exact) mass is 232 g/mol. The summed E-state index contributed by atoms with van der Waals surface area (Å²) in [5.74, 6) is 0. The van der Waals surface area contributed by atoms with Gasteiger partial charge < -0.3 is 5.73 Å². The second-order valence-corrected chi connectivity index (χ2v) is 5.29. The Morgan fingerprint density at radius 1 is 1.35 bits per heavy atom. The number of hydrogen-bond acceptors (Lipinski definition) is 2. The summed E-state index contributed by atoms with van der Waals surface area (Å²) < 4.78 is 0. The highest BCUT2D eigenvalue weighted by Gasteiger charge is 2.29. The van der Waals surface area contributed by atoms with Crippen LogP contribution < -0.4 is 5.73 Å². The first-order valence-corrected chi connectivity index (χ1v) is 6.68. The molecule has 0 spiro atoms. The van der Waals surface area contributed by atoms with Crippen molar-refractivity contribution in [3.63, 3.8) is 0 Å². The van der Waals surface area contributed by atoms with Crippen LogP contribution in [-0.4, -0.2) is 24.0 Å². The SMILES string of the molecule is CCN(CC(N)c1ccc(C)cc1C)C1CC1. The molecule has 2 nitrogen and oxygen atoms in total. The Balaban J connectivity index is 2.05. The lowest BCUT2D eigenvalue weighted by Crippen LogP contribution is -2.34. The molecule has 1 aromatic rings. The molecule has 1 fully saturated rings. The highest BCUT2D eigenvalue weighted by atomic mass is 15.2. The number of rotatable bonds is 5. The molecule has 2 rings (SSSR count). The van der Waals surface area contributed by atoms with Crippen molar-refractivity contribution in [1.82, 2.24) is 4.90 Å². The smallest absolute Gasteiger partial charge is 0.0427 e. The third-order valence-corrected chi connectivity index (χ3v) is 3.73. The molecular weight excluding hydrogens is 208 g/mol. The van der Waals surface area contributed by atoms with E-state index in [0.29, 0.717) is 0 Å². The van der Waals surface area contributed by atoms with Gasteiger partial charge in [-0.15, -0.1) is 0 Å². The molecule has 0 bridgehead atoms. The maximum atomic E-state index is 6.35. The highest BCUT2D eigenvalue weighted by molar-refractivity contribution is 5.32. The van der Waals surface area contributed by atoms with Crippen LogP contribution in [0, 0.1) is 13.8 Å². The number of nitrogens with two attached hydrogens (primary N) is 1. The average Bonchev–Trinajstić information content (AvgIpc) is 3.09. The minimum Gasteiger partial charge on any atom is -0.323 e. The molecule has 0 aliphatic heterocycles. The van der Waals surface area contributed by atoms with Gasteiger partial charge >= 0.3 is 0 Å². The van der Waals surface area contributed by atoms with Crippen LogP contribution in [0.1, 0.15) is 42.5 Å². The number of aryl methyl sites for hydroxylation is 2. The molecule has 17 heavy (non-hydrogen) atoms. The summed E-state index contributed by atoms with van der Waals surface area (Å²) in [6.07, 6.45) is 2.71. The normalized spacial score (nSPS) is 17.5. The summed E-state index contributed by atoms with van der Waals surface area (Å²) in [4.78, 5) is 2.52. The topological polar surface area (TPSA) is 29.3 Å². The fraction of sp³-hybridized carbons (Fsp3) is 0.600. The van der Waals surface area contributed by atoms with Gasteiger partial charge in [-0.05, 0) is 44.4 Å². The Kier molecular flexibility index (Phi) is 3.85. The summed E-state index contributed by atoms with van der Waals surface area (Å²) in [6.45, 7) is 8.63. The van der Waals surface area contributed by atoms with Gasteiger partial charge in [-0.25, -0.2) is 0 Å². The van der Waals surface area contributed by atoms with Gasteiger partial charge in [0.15, 0.2) is 0 Å². The molecule has 0 heterocycles. The van der Waals surface area contributed by atoms with Gasteiger partial charge in [0.2, 0.25) is 0 Å². The van der Waals surface area contributed by atoms with Crippen LogP contribution in [0.15, 0.2) is 18.2 Å². The van der Waals surface area contributed by atoms with Crippen molar-refractivity contribution in [2.45, 2.75) is 45.7 Å². The van der Waals surface area contributed by atoms with Gasteiger partial charge in [0.05, 0.1) is 0 Å². The molecule has 0 radical (unpaired) electrons. The lowest BCUT2D eigenvalue weighted by molar-refractivity contribution is 0.260. The molecule has 0 aromatic heterocycles. The Morgan fingerprint density at radius 3 is 2.59 bits per heavy atom. The molecular formula is C15H24N2. The van der Waals surface area contributed by atoms with Gasteiger partial charge in [-0.2, -0.15) is 0 Å². The quantitative estimate of drug-likeness (QED) is 0.846. The highest BCUT2D eigenvalue weighted by Crippen LogP contribution is 2.28. The van der Waals surface area contributed by atoms with E-state index in [1.54, 1.807) is 0 Å². The zero-order valence-corrected chi connectivity index (χ0v) is 11.2. The Morgan fingerprint density at radius 2 is 2.06 bits per heavy atom. The Hall–Kier alpha value is -0.860. The predicted molar refractivity (Wildman–Crippen MR) is 73.1 cm³/mol. The van der Waals surface area contributed by atoms with Crippen molar-refractivity contribution in [2.75, 3.05) is 13.1 Å². The average molecular weight is 232 g/mol. The molecule has 2 heteroatoms. The van der Waals surface area contributed by atoms with Crippen LogP contribution in [0.2, 0.25) is 0 Å². The van der Waals surface area contributed by atoms with Crippen molar-refractivity contribution in [3.05, 3.63) is 34.9 Å². The summed E-state index contributed by atoms with van der Waals surface area (Å²) in [5, 5.41) is 0. The standard InChI is InChI=1S/C15H24N2/c1-4-17(13-6-7-13)10-15(16)14-8-5-11(2)9-12(14)3/h5,8-9,13,15H,4,6-7,10,16H2,1-3H3. The predicted octanol–water partition coefficient (Wildman–Crippen LogP) is 2.79. The third kappa shape index (κ3) is 3.08. The molecule has 1 aliphatic carbocycles. The number of nitrogens with zero attached hydrogens (tertiary/aromatic N) is 1. The maximum Gasteiger partial charge on any atom is 0.0427 e. The number of benzene rings is 1. The molecule has 1 saturated carbocycles. The lowest BCUT2D eigenvalue weighted by Gasteiger charge is -2.25. The zero-order chi connectivity index (χ0) is 12.4. The fourth-order valence-electron chi connectivity index (χ4n) is 2.57. The first-order valence-electron chi connectivity index (χ1n) is 6.68. The second-order valence-electron chi connectivity index (χ2n) is 5.29. The van der Waals surface area contributed by atoms with Crippen LogP contribution in [0.4, 0.5) is 0 Å². The zero-order valence-electron chi connectivity index (χ0n) is 11.2. The molecule has 1 aliphatic rings. The van der Waals surface area contributed by atoms with Gasteiger partial charge in [-0.3, -0.25) is 4.90 Å². The van der Waals surface area contributed by atoms with Gasteiger partial charge in [0.1, 0.15) is 0 Å². The number of likely N-dealkylation sites (N-methyl/N-ethyl adjacent to an activating group) is 1. The van der Waals surface area contributed by atoms with E-state index in [0.717, 1.165) is 19.1 Å². The maximum absolute atomic E-state index is 6.35. The first-order chi connectivity index (χ1) is 8.11. The lowest BCUT2D eigenvalue weighted by atomic mass is 9.99. The molecule has 94 valence electrons. The Labute approximate surface area is 105 Å². The van der Waals surface area contributed by atoms with Crippen LogP contribution in [-0.2, 0) is 0 Å². The van der Waals surface area contributed by atoms with E-state index in [9.17, 15) is 0 Å². The molecule has 1 atom stereocenters. The second kappa shape index (κ2) is 5.19. The molecule has 1 aromatic carbocycles. The van der Waals surface area contributed by atoms with Crippen molar-refractivity contribution in [1.29, 1.82) is 0 Å². The van der Waals surface area contributed by atoms with E-state index >= 15 is 0 Å². The van der Waals surface area contributed by atoms with E-state index in [2.05, 4.69) is 43.9 Å². The van der Waals surface area contributed by atoms with Crippen molar-refractivity contribution >= 4 is 0 Å². The van der Waals surface area contributed by atoms with Crippen LogP contribution >= 0.6 is 0 Å². The van der Waals surface area contributed by atoms with Crippen LogP contribution in [0.5, 0.6) is 0 Å². The van der Waals surface area contributed by atoms with E-state index in [1.807, 2.05) is 0 Å². The molecule has 2 N–H and O–H groups in total. The molecule has 1 unspecified atom stereocenters. The summed E-state index contributed by atoms with van der Waals surface area (Å²) >= 11 is 0. The third-order valence-electron chi connectivity index (χ3n) is 3.73.